The van der Waals surface area contributed by atoms with E-state index in [1.54, 1.807) is 12.1 Å². The molecular formula is C29H25Cl2F2N3. The van der Waals surface area contributed by atoms with Crippen molar-refractivity contribution in [2.75, 3.05) is 19.6 Å². The van der Waals surface area contributed by atoms with Gasteiger partial charge in [-0.15, -0.1) is 0 Å². The molecule has 0 unspecified atom stereocenters. The summed E-state index contributed by atoms with van der Waals surface area (Å²) in [5.41, 5.74) is 6.28. The third-order valence-electron chi connectivity index (χ3n) is 7.16. The third-order valence-corrected chi connectivity index (χ3v) is 7.88. The van der Waals surface area contributed by atoms with Crippen LogP contribution < -0.4 is 0 Å². The molecule has 0 bridgehead atoms. The van der Waals surface area contributed by atoms with Gasteiger partial charge in [0.15, 0.2) is 0 Å². The minimum absolute atomic E-state index is 0.469. The number of fused-ring (bicyclic) bond motifs is 1. The highest BCUT2D eigenvalue weighted by atomic mass is 35.5. The van der Waals surface area contributed by atoms with Gasteiger partial charge in [-0.3, -0.25) is 0 Å². The summed E-state index contributed by atoms with van der Waals surface area (Å²) in [6, 6.07) is 15.0. The lowest BCUT2D eigenvalue weighted by atomic mass is 9.91. The summed E-state index contributed by atoms with van der Waals surface area (Å²) in [5.74, 6) is 0.475. The molecule has 6 rings (SSSR count). The molecule has 7 heteroatoms. The van der Waals surface area contributed by atoms with Gasteiger partial charge >= 0.3 is 0 Å². The normalized spacial score (nSPS) is 16.6. The maximum atomic E-state index is 13.8. The van der Waals surface area contributed by atoms with Crippen molar-refractivity contribution >= 4 is 39.8 Å². The average Bonchev–Trinajstić information content (AvgIpc) is 3.59. The molecule has 0 amide bonds. The Morgan fingerprint density at radius 3 is 2.22 bits per heavy atom. The summed E-state index contributed by atoms with van der Waals surface area (Å²) in [4.78, 5) is 10.9. The largest absolute Gasteiger partial charge is 0.338 e. The first kappa shape index (κ1) is 23.7. The van der Waals surface area contributed by atoms with E-state index < -0.39 is 11.6 Å². The van der Waals surface area contributed by atoms with Crippen molar-refractivity contribution in [3.63, 3.8) is 0 Å². The van der Waals surface area contributed by atoms with Crippen LogP contribution in [0, 0.1) is 17.6 Å². The number of hydrogen-bond acceptors (Lipinski definition) is 2. The number of nitrogens with one attached hydrogen (secondary N) is 1. The van der Waals surface area contributed by atoms with Crippen LogP contribution in [0.1, 0.15) is 37.1 Å². The van der Waals surface area contributed by atoms with Gasteiger partial charge in [0.2, 0.25) is 0 Å². The van der Waals surface area contributed by atoms with E-state index in [-0.39, 0.29) is 0 Å². The number of benzene rings is 3. The Hall–Kier alpha value is -2.73. The molecule has 3 nitrogen and oxygen atoms in total. The summed E-state index contributed by atoms with van der Waals surface area (Å²) in [7, 11) is 0. The molecule has 2 heterocycles. The highest BCUT2D eigenvalue weighted by Gasteiger charge is 2.27. The number of imidazole rings is 1. The first-order valence-corrected chi connectivity index (χ1v) is 13.0. The maximum Gasteiger partial charge on any atom is 0.139 e. The van der Waals surface area contributed by atoms with Crippen LogP contribution in [-0.4, -0.2) is 34.5 Å². The number of likely N-dealkylation sites (tertiary alicyclic amines) is 1. The smallest absolute Gasteiger partial charge is 0.139 e. The number of nitrogens with zero attached hydrogens (tertiary/aromatic N) is 2. The lowest BCUT2D eigenvalue weighted by Crippen LogP contribution is -2.32. The van der Waals surface area contributed by atoms with Gasteiger partial charge in [0.1, 0.15) is 17.5 Å². The monoisotopic (exact) mass is 523 g/mol. The molecule has 0 radical (unpaired) electrons. The van der Waals surface area contributed by atoms with Gasteiger partial charge in [-0.1, -0.05) is 53.0 Å². The van der Waals surface area contributed by atoms with Gasteiger partial charge in [0, 0.05) is 31.3 Å². The fourth-order valence-electron chi connectivity index (χ4n) is 5.10. The highest BCUT2D eigenvalue weighted by Crippen LogP contribution is 2.36. The van der Waals surface area contributed by atoms with Crippen molar-refractivity contribution in [2.45, 2.75) is 25.7 Å². The standard InChI is InChI=1S/C29H25Cl2F2N3/c30-24-14-26-27(15-25(24)31)35-29(34-26)28(20-7-9-36(10-8-20)16-17-1-2-17)19-5-3-18(4-6-19)21-11-22(32)13-23(33)12-21/h3-6,11-15,17H,1-2,7-10,16H2,(H,34,35). The predicted molar refractivity (Wildman–Crippen MR) is 142 cm³/mol. The van der Waals surface area contributed by atoms with E-state index >= 15 is 0 Å². The topological polar surface area (TPSA) is 31.9 Å². The van der Waals surface area contributed by atoms with E-state index in [2.05, 4.69) is 9.88 Å². The third kappa shape index (κ3) is 4.93. The van der Waals surface area contributed by atoms with Crippen molar-refractivity contribution in [1.29, 1.82) is 0 Å². The second-order valence-electron chi connectivity index (χ2n) is 9.83. The van der Waals surface area contributed by atoms with E-state index in [1.165, 1.54) is 37.1 Å². The van der Waals surface area contributed by atoms with E-state index in [1.807, 2.05) is 24.3 Å². The fraction of sp³-hybridized carbons (Fsp3) is 0.276. The minimum Gasteiger partial charge on any atom is -0.338 e. The van der Waals surface area contributed by atoms with E-state index in [0.717, 1.165) is 71.5 Å². The van der Waals surface area contributed by atoms with Gasteiger partial charge in [-0.05, 0) is 72.6 Å². The first-order valence-electron chi connectivity index (χ1n) is 12.3. The SMILES string of the molecule is Fc1cc(F)cc(-c2ccc(C(=C3CCN(CC4CC4)CC3)c3nc4cc(Cl)c(Cl)cc4[nH]3)cc2)c1. The molecule has 4 aromatic rings. The summed E-state index contributed by atoms with van der Waals surface area (Å²) in [6.45, 7) is 3.27. The van der Waals surface area contributed by atoms with Gasteiger partial charge in [0.25, 0.3) is 0 Å². The number of aromatic amines is 1. The lowest BCUT2D eigenvalue weighted by molar-refractivity contribution is 0.247. The van der Waals surface area contributed by atoms with Crippen molar-refractivity contribution in [2.24, 2.45) is 5.92 Å². The highest BCUT2D eigenvalue weighted by molar-refractivity contribution is 6.42. The molecule has 2 aliphatic rings. The van der Waals surface area contributed by atoms with Crippen molar-refractivity contribution in [3.05, 3.63) is 93.2 Å². The summed E-state index contributed by atoms with van der Waals surface area (Å²) in [6.07, 6.45) is 4.65. The van der Waals surface area contributed by atoms with Crippen molar-refractivity contribution in [3.8, 4) is 11.1 Å². The molecule has 2 fully saturated rings. The van der Waals surface area contributed by atoms with Crippen LogP contribution in [0.15, 0.2) is 60.2 Å². The zero-order valence-electron chi connectivity index (χ0n) is 19.6. The van der Waals surface area contributed by atoms with Crippen LogP contribution in [0.2, 0.25) is 10.0 Å². The maximum absolute atomic E-state index is 13.8. The molecule has 1 N–H and O–H groups in total. The zero-order valence-corrected chi connectivity index (χ0v) is 21.1. The zero-order chi connectivity index (χ0) is 24.8. The molecule has 0 atom stereocenters. The van der Waals surface area contributed by atoms with Gasteiger partial charge in [-0.2, -0.15) is 0 Å². The van der Waals surface area contributed by atoms with Crippen LogP contribution in [0.5, 0.6) is 0 Å². The number of halogens is 4. The Balaban J connectivity index is 1.39. The Morgan fingerprint density at radius 1 is 0.889 bits per heavy atom. The number of rotatable bonds is 5. The van der Waals surface area contributed by atoms with E-state index in [9.17, 15) is 8.78 Å². The Labute approximate surface area is 218 Å². The van der Waals surface area contributed by atoms with Crippen LogP contribution in [0.25, 0.3) is 27.7 Å². The van der Waals surface area contributed by atoms with Gasteiger partial charge < -0.3 is 9.88 Å². The van der Waals surface area contributed by atoms with Crippen LogP contribution in [0.4, 0.5) is 8.78 Å². The lowest BCUT2D eigenvalue weighted by Gasteiger charge is -2.29. The van der Waals surface area contributed by atoms with Crippen LogP contribution >= 0.6 is 23.2 Å². The van der Waals surface area contributed by atoms with Crippen molar-refractivity contribution in [1.82, 2.24) is 14.9 Å². The molecule has 1 aliphatic carbocycles. The first-order chi connectivity index (χ1) is 17.4. The molecule has 1 aliphatic heterocycles. The number of aromatic nitrogens is 2. The summed E-state index contributed by atoms with van der Waals surface area (Å²) >= 11 is 12.5. The Morgan fingerprint density at radius 2 is 1.56 bits per heavy atom. The van der Waals surface area contributed by atoms with Crippen molar-refractivity contribution < 1.29 is 8.78 Å². The summed E-state index contributed by atoms with van der Waals surface area (Å²) in [5, 5.41) is 0.949. The molecule has 3 aromatic carbocycles. The number of hydrogen-bond donors (Lipinski definition) is 1. The van der Waals surface area contributed by atoms with E-state index in [4.69, 9.17) is 28.2 Å². The number of H-pyrrole nitrogens is 1. The molecule has 0 spiro atoms. The second-order valence-corrected chi connectivity index (χ2v) is 10.6. The Kier molecular flexibility index (Phi) is 6.32. The van der Waals surface area contributed by atoms with E-state index in [0.29, 0.717) is 15.6 Å². The minimum atomic E-state index is -0.588. The predicted octanol–water partition coefficient (Wildman–Crippen LogP) is 8.12. The molecule has 1 saturated heterocycles. The molecular weight excluding hydrogens is 499 g/mol. The molecule has 184 valence electrons. The average molecular weight is 524 g/mol. The van der Waals surface area contributed by atoms with Gasteiger partial charge in [-0.25, -0.2) is 13.8 Å². The quantitative estimate of drug-likeness (QED) is 0.286. The van der Waals surface area contributed by atoms with Gasteiger partial charge in [0.05, 0.1) is 21.1 Å². The Bertz CT molecular complexity index is 1400. The van der Waals surface area contributed by atoms with Crippen LogP contribution in [0.3, 0.4) is 0 Å². The number of piperidine rings is 1. The molecule has 1 aromatic heterocycles. The second kappa shape index (κ2) is 9.62. The van der Waals surface area contributed by atoms with Crippen LogP contribution in [-0.2, 0) is 0 Å². The fourth-order valence-corrected chi connectivity index (χ4v) is 5.42. The molecule has 36 heavy (non-hydrogen) atoms. The molecule has 1 saturated carbocycles. The summed E-state index contributed by atoms with van der Waals surface area (Å²) < 4.78 is 27.6.